The van der Waals surface area contributed by atoms with Gasteiger partial charge in [-0.3, -0.25) is 24.1 Å². The number of para-hydroxylation sites is 1. The van der Waals surface area contributed by atoms with Crippen molar-refractivity contribution in [2.24, 2.45) is 5.41 Å². The van der Waals surface area contributed by atoms with E-state index in [4.69, 9.17) is 13.9 Å². The summed E-state index contributed by atoms with van der Waals surface area (Å²) in [5, 5.41) is 5.82. The fourth-order valence-corrected chi connectivity index (χ4v) is 4.58. The SMILES string of the molecule is CC(C)(CNC(=O)CCN1C(=O)c2c(c3ccc2o3)C1=O)OCCC(C)(C)C(=O)NCCCCOc1ccccc1. The summed E-state index contributed by atoms with van der Waals surface area (Å²) in [5.74, 6) is -0.343. The lowest BCUT2D eigenvalue weighted by molar-refractivity contribution is -0.131. The van der Waals surface area contributed by atoms with Crippen LogP contribution in [0.2, 0.25) is 0 Å². The lowest BCUT2D eigenvalue weighted by Gasteiger charge is -2.29. The van der Waals surface area contributed by atoms with Crippen LogP contribution in [-0.2, 0) is 14.3 Å². The summed E-state index contributed by atoms with van der Waals surface area (Å²) in [4.78, 5) is 51.5. The van der Waals surface area contributed by atoms with Crippen molar-refractivity contribution in [3.8, 4) is 5.75 Å². The first-order valence-corrected chi connectivity index (χ1v) is 14.1. The monoisotopic (exact) mass is 565 g/mol. The molecule has 41 heavy (non-hydrogen) atoms. The molecule has 1 aromatic carbocycles. The minimum Gasteiger partial charge on any atom is -0.494 e. The number of carbonyl (C=O) groups is 4. The van der Waals surface area contributed by atoms with E-state index in [9.17, 15) is 19.2 Å². The third-order valence-corrected chi connectivity index (χ3v) is 7.24. The number of fused-ring (bicyclic) bond motifs is 5. The molecule has 0 aliphatic carbocycles. The molecule has 0 saturated heterocycles. The third-order valence-electron chi connectivity index (χ3n) is 7.24. The number of amides is 4. The molecule has 4 amide bonds. The van der Waals surface area contributed by atoms with Crippen LogP contribution in [0.3, 0.4) is 0 Å². The van der Waals surface area contributed by atoms with E-state index in [1.165, 1.54) is 0 Å². The van der Waals surface area contributed by atoms with E-state index in [1.54, 1.807) is 12.1 Å². The zero-order valence-electron chi connectivity index (χ0n) is 24.2. The second-order valence-electron chi connectivity index (χ2n) is 11.6. The van der Waals surface area contributed by atoms with E-state index in [-0.39, 0.29) is 42.5 Å². The van der Waals surface area contributed by atoms with Gasteiger partial charge in [0.05, 0.1) is 23.3 Å². The lowest BCUT2D eigenvalue weighted by atomic mass is 9.88. The first kappa shape index (κ1) is 30.0. The van der Waals surface area contributed by atoms with Crippen LogP contribution in [0, 0.1) is 5.41 Å². The summed E-state index contributed by atoms with van der Waals surface area (Å²) in [6.07, 6.45) is 2.16. The van der Waals surface area contributed by atoms with Gasteiger partial charge in [0.25, 0.3) is 11.8 Å². The molecule has 1 aliphatic rings. The van der Waals surface area contributed by atoms with Gasteiger partial charge >= 0.3 is 0 Å². The summed E-state index contributed by atoms with van der Waals surface area (Å²) >= 11 is 0. The Bertz CT molecular complexity index is 1320. The van der Waals surface area contributed by atoms with Crippen LogP contribution >= 0.6 is 0 Å². The van der Waals surface area contributed by atoms with Gasteiger partial charge in [0.2, 0.25) is 11.8 Å². The van der Waals surface area contributed by atoms with Crippen molar-refractivity contribution in [1.29, 1.82) is 0 Å². The average molecular weight is 566 g/mol. The number of hydrogen-bond acceptors (Lipinski definition) is 7. The molecule has 10 heteroatoms. The zero-order valence-corrected chi connectivity index (χ0v) is 24.2. The first-order chi connectivity index (χ1) is 19.5. The van der Waals surface area contributed by atoms with E-state index in [1.807, 2.05) is 58.0 Å². The summed E-state index contributed by atoms with van der Waals surface area (Å²) in [6.45, 7) is 9.24. The molecular weight excluding hydrogens is 526 g/mol. The normalized spacial score (nSPS) is 13.6. The number of benzene rings is 2. The number of hydrogen-bond donors (Lipinski definition) is 2. The van der Waals surface area contributed by atoms with Crippen molar-refractivity contribution in [3.05, 3.63) is 53.6 Å². The van der Waals surface area contributed by atoms with Crippen LogP contribution in [0.25, 0.3) is 11.2 Å². The molecule has 0 spiro atoms. The highest BCUT2D eigenvalue weighted by Gasteiger charge is 2.41. The molecule has 0 saturated carbocycles. The Hall–Kier alpha value is -3.92. The van der Waals surface area contributed by atoms with E-state index in [0.717, 1.165) is 23.5 Å². The molecule has 0 unspecified atom stereocenters. The molecule has 2 bridgehead atoms. The zero-order chi connectivity index (χ0) is 29.6. The highest BCUT2D eigenvalue weighted by Crippen LogP contribution is 2.35. The molecular formula is C31H39N3O7. The van der Waals surface area contributed by atoms with Gasteiger partial charge in [0.1, 0.15) is 16.9 Å². The van der Waals surface area contributed by atoms with Gasteiger partial charge in [-0.05, 0) is 57.4 Å². The molecule has 3 heterocycles. The van der Waals surface area contributed by atoms with Gasteiger partial charge in [0.15, 0.2) is 0 Å². The van der Waals surface area contributed by atoms with Crippen molar-refractivity contribution < 1.29 is 33.1 Å². The Balaban J connectivity index is 1.09. The minimum absolute atomic E-state index is 0.0122. The molecule has 2 N–H and O–H groups in total. The van der Waals surface area contributed by atoms with Crippen molar-refractivity contribution in [3.63, 3.8) is 0 Å². The molecule has 0 radical (unpaired) electrons. The molecule has 0 fully saturated rings. The van der Waals surface area contributed by atoms with Crippen molar-refractivity contribution >= 4 is 34.8 Å². The van der Waals surface area contributed by atoms with E-state index in [0.29, 0.717) is 37.3 Å². The largest absolute Gasteiger partial charge is 0.494 e. The van der Waals surface area contributed by atoms with Crippen LogP contribution in [0.1, 0.15) is 74.1 Å². The molecule has 0 atom stereocenters. The maximum atomic E-state index is 12.7. The molecule has 1 aliphatic heterocycles. The van der Waals surface area contributed by atoms with E-state index >= 15 is 0 Å². The molecule has 2 aromatic heterocycles. The smallest absolute Gasteiger partial charge is 0.265 e. The summed E-state index contributed by atoms with van der Waals surface area (Å²) in [5.41, 5.74) is 0.0758. The highest BCUT2D eigenvalue weighted by molar-refractivity contribution is 6.27. The quantitative estimate of drug-likeness (QED) is 0.197. The van der Waals surface area contributed by atoms with Gasteiger partial charge in [-0.1, -0.05) is 32.0 Å². The number of ether oxygens (including phenoxy) is 2. The summed E-state index contributed by atoms with van der Waals surface area (Å²) in [6, 6.07) is 13.0. The Morgan fingerprint density at radius 2 is 1.54 bits per heavy atom. The number of rotatable bonds is 16. The third kappa shape index (κ3) is 7.43. The second kappa shape index (κ2) is 12.7. The maximum absolute atomic E-state index is 12.7. The number of nitrogens with zero attached hydrogens (tertiary/aromatic N) is 1. The van der Waals surface area contributed by atoms with E-state index in [2.05, 4.69) is 10.6 Å². The van der Waals surface area contributed by atoms with Crippen LogP contribution in [0.5, 0.6) is 5.75 Å². The fourth-order valence-electron chi connectivity index (χ4n) is 4.58. The van der Waals surface area contributed by atoms with Crippen molar-refractivity contribution in [2.75, 3.05) is 32.8 Å². The number of furan rings is 2. The Morgan fingerprint density at radius 3 is 2.20 bits per heavy atom. The number of nitrogens with one attached hydrogen (secondary N) is 2. The molecule has 10 nitrogen and oxygen atoms in total. The maximum Gasteiger partial charge on any atom is 0.265 e. The Morgan fingerprint density at radius 1 is 0.878 bits per heavy atom. The number of imide groups is 1. The topological polar surface area (TPSA) is 127 Å². The van der Waals surface area contributed by atoms with Crippen LogP contribution in [0.15, 0.2) is 46.9 Å². The van der Waals surface area contributed by atoms with Gasteiger partial charge in [0, 0.05) is 38.1 Å². The molecule has 4 rings (SSSR count). The predicted molar refractivity (Wildman–Crippen MR) is 153 cm³/mol. The fraction of sp³-hybridized carbons (Fsp3) is 0.484. The number of unbranched alkanes of at least 4 members (excludes halogenated alkanes) is 1. The minimum atomic E-state index is -0.668. The lowest BCUT2D eigenvalue weighted by Crippen LogP contribution is -2.43. The van der Waals surface area contributed by atoms with Gasteiger partial charge < -0.3 is 24.5 Å². The van der Waals surface area contributed by atoms with Crippen LogP contribution in [0.4, 0.5) is 0 Å². The van der Waals surface area contributed by atoms with Crippen molar-refractivity contribution in [1.82, 2.24) is 15.5 Å². The Kier molecular flexibility index (Phi) is 9.32. The Labute approximate surface area is 240 Å². The summed E-state index contributed by atoms with van der Waals surface area (Å²) in [7, 11) is 0. The van der Waals surface area contributed by atoms with Crippen LogP contribution in [-0.4, -0.2) is 67.0 Å². The first-order valence-electron chi connectivity index (χ1n) is 14.1. The van der Waals surface area contributed by atoms with Gasteiger partial charge in [-0.2, -0.15) is 0 Å². The second-order valence-corrected chi connectivity index (χ2v) is 11.6. The predicted octanol–water partition coefficient (Wildman–Crippen LogP) is 4.16. The standard InChI is InChI=1S/C31H39N3O7/c1-30(2,29(38)32-16-8-9-18-39-21-10-6-5-7-11-21)15-19-40-31(3,4)20-33-24(35)14-17-34-27(36)25-22-12-13-23(41-22)26(25)28(34)37/h5-7,10-13H,8-9,14-20H2,1-4H3,(H,32,38)(H,33,35). The average Bonchev–Trinajstić information content (AvgIpc) is 3.62. The highest BCUT2D eigenvalue weighted by atomic mass is 16.5. The molecule has 220 valence electrons. The number of carbonyl (C=O) groups excluding carboxylic acids is 4. The van der Waals surface area contributed by atoms with Gasteiger partial charge in [-0.25, -0.2) is 0 Å². The van der Waals surface area contributed by atoms with E-state index < -0.39 is 22.8 Å². The van der Waals surface area contributed by atoms with Crippen LogP contribution < -0.4 is 15.4 Å². The van der Waals surface area contributed by atoms with Crippen molar-refractivity contribution in [2.45, 2.75) is 59.0 Å². The molecule has 3 aromatic rings. The summed E-state index contributed by atoms with van der Waals surface area (Å²) < 4.78 is 17.1. The van der Waals surface area contributed by atoms with Gasteiger partial charge in [-0.15, -0.1) is 0 Å².